The van der Waals surface area contributed by atoms with E-state index in [1.165, 1.54) is 0 Å². The van der Waals surface area contributed by atoms with E-state index in [1.807, 2.05) is 20.8 Å². The highest BCUT2D eigenvalue weighted by atomic mass is 16.6. The highest BCUT2D eigenvalue weighted by Gasteiger charge is 2.31. The zero-order chi connectivity index (χ0) is 7.78. The zero-order valence-corrected chi connectivity index (χ0v) is 6.81. The van der Waals surface area contributed by atoms with E-state index >= 15 is 0 Å². The van der Waals surface area contributed by atoms with E-state index in [2.05, 4.69) is 0 Å². The van der Waals surface area contributed by atoms with Crippen LogP contribution < -0.4 is 0 Å². The maximum atomic E-state index is 11.0. The molecule has 0 aromatic heterocycles. The van der Waals surface area contributed by atoms with Crippen molar-refractivity contribution in [1.82, 2.24) is 0 Å². The SMILES string of the molecule is CC1CCC(C)(C)OC1=O. The molecule has 0 amide bonds. The molecule has 1 heterocycles. The fourth-order valence-corrected chi connectivity index (χ4v) is 1.11. The van der Waals surface area contributed by atoms with Gasteiger partial charge in [-0.25, -0.2) is 0 Å². The van der Waals surface area contributed by atoms with E-state index in [0.29, 0.717) is 0 Å². The van der Waals surface area contributed by atoms with Gasteiger partial charge < -0.3 is 4.74 Å². The predicted octanol–water partition coefficient (Wildman–Crippen LogP) is 1.74. The Hall–Kier alpha value is -0.530. The number of rotatable bonds is 0. The number of cyclic esters (lactones) is 1. The first-order chi connectivity index (χ1) is 4.51. The molecule has 58 valence electrons. The minimum absolute atomic E-state index is 0.0451. The molecule has 1 rings (SSSR count). The lowest BCUT2D eigenvalue weighted by Crippen LogP contribution is -2.36. The van der Waals surface area contributed by atoms with Gasteiger partial charge >= 0.3 is 5.97 Å². The smallest absolute Gasteiger partial charge is 0.309 e. The van der Waals surface area contributed by atoms with Gasteiger partial charge in [-0.15, -0.1) is 0 Å². The van der Waals surface area contributed by atoms with Crippen LogP contribution in [-0.2, 0) is 9.53 Å². The first kappa shape index (κ1) is 7.58. The molecule has 0 saturated carbocycles. The van der Waals surface area contributed by atoms with E-state index in [4.69, 9.17) is 4.74 Å². The van der Waals surface area contributed by atoms with E-state index < -0.39 is 0 Å². The summed E-state index contributed by atoms with van der Waals surface area (Å²) >= 11 is 0. The van der Waals surface area contributed by atoms with Gasteiger partial charge in [0.2, 0.25) is 0 Å². The van der Waals surface area contributed by atoms with Crippen molar-refractivity contribution in [3.63, 3.8) is 0 Å². The molecule has 0 bridgehead atoms. The predicted molar refractivity (Wildman–Crippen MR) is 38.6 cm³/mol. The molecule has 1 aliphatic rings. The maximum Gasteiger partial charge on any atom is 0.309 e. The summed E-state index contributed by atoms with van der Waals surface area (Å²) < 4.78 is 5.15. The van der Waals surface area contributed by atoms with Gasteiger partial charge in [0.1, 0.15) is 5.60 Å². The maximum absolute atomic E-state index is 11.0. The summed E-state index contributed by atoms with van der Waals surface area (Å²) in [6.07, 6.45) is 1.95. The first-order valence-corrected chi connectivity index (χ1v) is 3.74. The highest BCUT2D eigenvalue weighted by Crippen LogP contribution is 2.27. The van der Waals surface area contributed by atoms with Gasteiger partial charge in [-0.05, 0) is 26.7 Å². The molecule has 1 aliphatic heterocycles. The molecule has 2 nitrogen and oxygen atoms in total. The van der Waals surface area contributed by atoms with Crippen LogP contribution in [0.2, 0.25) is 0 Å². The van der Waals surface area contributed by atoms with Gasteiger partial charge in [-0.3, -0.25) is 4.79 Å². The van der Waals surface area contributed by atoms with Crippen LogP contribution in [0.3, 0.4) is 0 Å². The number of hydrogen-bond donors (Lipinski definition) is 0. The number of esters is 1. The number of carbonyl (C=O) groups excluding carboxylic acids is 1. The molecule has 10 heavy (non-hydrogen) atoms. The van der Waals surface area contributed by atoms with Crippen LogP contribution in [-0.4, -0.2) is 11.6 Å². The molecule has 1 atom stereocenters. The molecule has 0 N–H and O–H groups in total. The van der Waals surface area contributed by atoms with Crippen LogP contribution in [0.15, 0.2) is 0 Å². The summed E-state index contributed by atoms with van der Waals surface area (Å²) in [4.78, 5) is 11.0. The fraction of sp³-hybridized carbons (Fsp3) is 0.875. The Morgan fingerprint density at radius 2 is 2.20 bits per heavy atom. The van der Waals surface area contributed by atoms with Crippen molar-refractivity contribution in [2.75, 3.05) is 0 Å². The van der Waals surface area contributed by atoms with Crippen molar-refractivity contribution in [2.24, 2.45) is 5.92 Å². The Morgan fingerprint density at radius 1 is 1.60 bits per heavy atom. The van der Waals surface area contributed by atoms with Crippen LogP contribution in [0.5, 0.6) is 0 Å². The molecular weight excluding hydrogens is 128 g/mol. The van der Waals surface area contributed by atoms with E-state index in [-0.39, 0.29) is 17.5 Å². The Bertz CT molecular complexity index is 149. The minimum Gasteiger partial charge on any atom is -0.459 e. The number of carbonyl (C=O) groups is 1. The second kappa shape index (κ2) is 2.26. The lowest BCUT2D eigenvalue weighted by atomic mass is 9.92. The first-order valence-electron chi connectivity index (χ1n) is 3.74. The third-order valence-corrected chi connectivity index (χ3v) is 1.96. The summed E-state index contributed by atoms with van der Waals surface area (Å²) in [5.41, 5.74) is -0.219. The molecule has 0 aromatic carbocycles. The van der Waals surface area contributed by atoms with Gasteiger partial charge in [-0.1, -0.05) is 6.92 Å². The quantitative estimate of drug-likeness (QED) is 0.481. The van der Waals surface area contributed by atoms with Crippen LogP contribution >= 0.6 is 0 Å². The van der Waals surface area contributed by atoms with Crippen molar-refractivity contribution < 1.29 is 9.53 Å². The topological polar surface area (TPSA) is 26.3 Å². The van der Waals surface area contributed by atoms with Crippen molar-refractivity contribution in [2.45, 2.75) is 39.2 Å². The van der Waals surface area contributed by atoms with Gasteiger partial charge in [0.25, 0.3) is 0 Å². The normalized spacial score (nSPS) is 31.5. The molecular formula is C8H14O2. The van der Waals surface area contributed by atoms with Gasteiger partial charge in [0.05, 0.1) is 5.92 Å². The monoisotopic (exact) mass is 142 g/mol. The van der Waals surface area contributed by atoms with E-state index in [9.17, 15) is 4.79 Å². The average molecular weight is 142 g/mol. The molecule has 0 spiro atoms. The minimum atomic E-state index is -0.219. The number of hydrogen-bond acceptors (Lipinski definition) is 2. The third kappa shape index (κ3) is 1.49. The molecule has 0 aliphatic carbocycles. The zero-order valence-electron chi connectivity index (χ0n) is 6.81. The van der Waals surface area contributed by atoms with Crippen molar-refractivity contribution in [3.05, 3.63) is 0 Å². The van der Waals surface area contributed by atoms with E-state index in [0.717, 1.165) is 12.8 Å². The summed E-state index contributed by atoms with van der Waals surface area (Å²) in [5, 5.41) is 0. The Labute approximate surface area is 61.6 Å². The largest absolute Gasteiger partial charge is 0.459 e. The molecule has 1 unspecified atom stereocenters. The Kier molecular flexibility index (Phi) is 1.71. The molecule has 0 radical (unpaired) electrons. The lowest BCUT2D eigenvalue weighted by Gasteiger charge is -2.32. The molecule has 1 saturated heterocycles. The van der Waals surface area contributed by atoms with Crippen LogP contribution in [0.25, 0.3) is 0 Å². The summed E-state index contributed by atoms with van der Waals surface area (Å²) in [5.74, 6) is 0.0595. The molecule has 1 fully saturated rings. The van der Waals surface area contributed by atoms with Gasteiger partial charge in [0, 0.05) is 0 Å². The van der Waals surface area contributed by atoms with Crippen LogP contribution in [0.4, 0.5) is 0 Å². The highest BCUT2D eigenvalue weighted by molar-refractivity contribution is 5.73. The van der Waals surface area contributed by atoms with Crippen molar-refractivity contribution in [3.8, 4) is 0 Å². The molecule has 0 aromatic rings. The second-order valence-electron chi connectivity index (χ2n) is 3.62. The van der Waals surface area contributed by atoms with Crippen LogP contribution in [0, 0.1) is 5.92 Å². The standard InChI is InChI=1S/C8H14O2/c1-6-4-5-8(2,3)10-7(6)9/h6H,4-5H2,1-3H3. The summed E-state index contributed by atoms with van der Waals surface area (Å²) in [6.45, 7) is 5.82. The van der Waals surface area contributed by atoms with Crippen LogP contribution in [0.1, 0.15) is 33.6 Å². The Balaban J connectivity index is 2.57. The molecule has 2 heteroatoms. The van der Waals surface area contributed by atoms with E-state index in [1.54, 1.807) is 0 Å². The van der Waals surface area contributed by atoms with Gasteiger partial charge in [-0.2, -0.15) is 0 Å². The number of ether oxygens (including phenoxy) is 1. The fourth-order valence-electron chi connectivity index (χ4n) is 1.11. The van der Waals surface area contributed by atoms with Gasteiger partial charge in [0.15, 0.2) is 0 Å². The summed E-state index contributed by atoms with van der Waals surface area (Å²) in [7, 11) is 0. The lowest BCUT2D eigenvalue weighted by molar-refractivity contribution is -0.169. The second-order valence-corrected chi connectivity index (χ2v) is 3.62. The van der Waals surface area contributed by atoms with Crippen molar-refractivity contribution in [1.29, 1.82) is 0 Å². The average Bonchev–Trinajstić information content (AvgIpc) is 1.79. The van der Waals surface area contributed by atoms with Crippen molar-refractivity contribution >= 4 is 5.97 Å². The summed E-state index contributed by atoms with van der Waals surface area (Å²) in [6, 6.07) is 0. The Morgan fingerprint density at radius 3 is 2.60 bits per heavy atom. The third-order valence-electron chi connectivity index (χ3n) is 1.96.